The average Bonchev–Trinajstić information content (AvgIpc) is 3.40. The number of thiophene rings is 1. The molecule has 0 spiro atoms. The molecule has 4 rings (SSSR count). The Bertz CT molecular complexity index is 919. The summed E-state index contributed by atoms with van der Waals surface area (Å²) in [7, 11) is 4.41. The lowest BCUT2D eigenvalue weighted by Gasteiger charge is -2.36. The van der Waals surface area contributed by atoms with Gasteiger partial charge in [-0.3, -0.25) is 0 Å². The van der Waals surface area contributed by atoms with Gasteiger partial charge in [-0.05, 0) is 76.1 Å². The van der Waals surface area contributed by atoms with Crippen LogP contribution in [0.2, 0.25) is 0 Å². The highest BCUT2D eigenvalue weighted by atomic mass is 32.1. The van der Waals surface area contributed by atoms with Crippen molar-refractivity contribution in [3.8, 4) is 11.4 Å². The molecule has 0 N–H and O–H groups in total. The Hall–Kier alpha value is -2.24. The third-order valence-corrected chi connectivity index (χ3v) is 6.86. The highest BCUT2D eigenvalue weighted by molar-refractivity contribution is 7.10. The summed E-state index contributed by atoms with van der Waals surface area (Å²) in [5, 5.41) is 6.31. The maximum atomic E-state index is 5.43. The summed E-state index contributed by atoms with van der Waals surface area (Å²) in [5.74, 6) is 2.56. The molecule has 1 saturated carbocycles. The van der Waals surface area contributed by atoms with E-state index in [1.807, 2.05) is 29.5 Å². The van der Waals surface area contributed by atoms with E-state index < -0.39 is 0 Å². The molecule has 4 nitrogen and oxygen atoms in total. The molecule has 2 aromatic heterocycles. The second-order valence-corrected chi connectivity index (χ2v) is 9.26. The van der Waals surface area contributed by atoms with Gasteiger partial charge in [0.1, 0.15) is 0 Å². The number of nitrogens with zero attached hydrogens (tertiary/aromatic N) is 3. The lowest BCUT2D eigenvalue weighted by Crippen LogP contribution is -2.29. The maximum absolute atomic E-state index is 5.43. The van der Waals surface area contributed by atoms with E-state index in [0.717, 1.165) is 11.5 Å². The summed E-state index contributed by atoms with van der Waals surface area (Å²) in [5.41, 5.74) is 2.21. The fraction of sp³-hybridized carbons (Fsp3) is 0.417. The van der Waals surface area contributed by atoms with Crippen LogP contribution in [0.4, 0.5) is 0 Å². The van der Waals surface area contributed by atoms with Crippen molar-refractivity contribution >= 4 is 17.4 Å². The van der Waals surface area contributed by atoms with Crippen molar-refractivity contribution in [2.45, 2.75) is 38.6 Å². The van der Waals surface area contributed by atoms with Crippen LogP contribution in [0.3, 0.4) is 0 Å². The lowest BCUT2D eigenvalue weighted by molar-refractivity contribution is 0.162. The minimum atomic E-state index is 0.535. The molecule has 1 aromatic carbocycles. The van der Waals surface area contributed by atoms with E-state index >= 15 is 0 Å². The van der Waals surface area contributed by atoms with Crippen molar-refractivity contribution in [3.63, 3.8) is 0 Å². The van der Waals surface area contributed by atoms with Gasteiger partial charge < -0.3 is 9.42 Å². The van der Waals surface area contributed by atoms with E-state index in [-0.39, 0.29) is 0 Å². The highest BCUT2D eigenvalue weighted by Gasteiger charge is 2.29. The molecule has 0 aliphatic heterocycles. The first-order chi connectivity index (χ1) is 14.1. The SMILES string of the molecule is Cc1ccc(-c2noc(/C=C/C3CCC(C(c4cccs4)N(C)C)CC3)n2)cc1. The summed E-state index contributed by atoms with van der Waals surface area (Å²) in [6.07, 6.45) is 9.21. The lowest BCUT2D eigenvalue weighted by atomic mass is 9.77. The van der Waals surface area contributed by atoms with Crippen molar-refractivity contribution in [2.75, 3.05) is 14.1 Å². The zero-order valence-corrected chi connectivity index (χ0v) is 18.2. The van der Waals surface area contributed by atoms with Gasteiger partial charge in [0.15, 0.2) is 0 Å². The van der Waals surface area contributed by atoms with Gasteiger partial charge in [-0.15, -0.1) is 11.3 Å². The number of hydrogen-bond donors (Lipinski definition) is 0. The monoisotopic (exact) mass is 407 g/mol. The number of aryl methyl sites for hydroxylation is 1. The minimum Gasteiger partial charge on any atom is -0.334 e. The van der Waals surface area contributed by atoms with Crippen LogP contribution in [0.5, 0.6) is 0 Å². The Balaban J connectivity index is 1.35. The number of aromatic nitrogens is 2. The molecule has 1 aliphatic rings. The highest BCUT2D eigenvalue weighted by Crippen LogP contribution is 2.41. The van der Waals surface area contributed by atoms with Gasteiger partial charge in [0.05, 0.1) is 0 Å². The van der Waals surface area contributed by atoms with Crippen LogP contribution in [-0.4, -0.2) is 29.1 Å². The van der Waals surface area contributed by atoms with Crippen molar-refractivity contribution < 1.29 is 4.52 Å². The van der Waals surface area contributed by atoms with Crippen LogP contribution >= 0.6 is 11.3 Å². The smallest absolute Gasteiger partial charge is 0.250 e. The first-order valence-electron chi connectivity index (χ1n) is 10.4. The third-order valence-electron chi connectivity index (χ3n) is 5.92. The quantitative estimate of drug-likeness (QED) is 0.486. The second kappa shape index (κ2) is 9.06. The van der Waals surface area contributed by atoms with Gasteiger partial charge >= 0.3 is 0 Å². The molecule has 3 aromatic rings. The van der Waals surface area contributed by atoms with Gasteiger partial charge in [-0.2, -0.15) is 4.98 Å². The normalized spacial score (nSPS) is 21.1. The fourth-order valence-electron chi connectivity index (χ4n) is 4.36. The average molecular weight is 408 g/mol. The summed E-state index contributed by atoms with van der Waals surface area (Å²) in [6.45, 7) is 2.07. The Kier molecular flexibility index (Phi) is 6.26. The van der Waals surface area contributed by atoms with Gasteiger partial charge in [0.25, 0.3) is 5.89 Å². The van der Waals surface area contributed by atoms with E-state index in [4.69, 9.17) is 4.52 Å². The van der Waals surface area contributed by atoms with Crippen LogP contribution in [0.15, 0.2) is 52.4 Å². The summed E-state index contributed by atoms with van der Waals surface area (Å²) in [4.78, 5) is 8.40. The van der Waals surface area contributed by atoms with Gasteiger partial charge in [-0.25, -0.2) is 0 Å². The zero-order chi connectivity index (χ0) is 20.2. The zero-order valence-electron chi connectivity index (χ0n) is 17.4. The van der Waals surface area contributed by atoms with E-state index in [0.29, 0.717) is 23.7 Å². The molecule has 1 fully saturated rings. The molecular formula is C24H29N3OS. The topological polar surface area (TPSA) is 42.2 Å². The Morgan fingerprint density at radius 3 is 2.52 bits per heavy atom. The molecule has 5 heteroatoms. The molecular weight excluding hydrogens is 378 g/mol. The van der Waals surface area contributed by atoms with Crippen LogP contribution in [-0.2, 0) is 0 Å². The van der Waals surface area contributed by atoms with Gasteiger partial charge in [0, 0.05) is 16.5 Å². The number of benzene rings is 1. The first kappa shape index (κ1) is 20.0. The Labute approximate surface area is 177 Å². The maximum Gasteiger partial charge on any atom is 0.250 e. The van der Waals surface area contributed by atoms with Crippen LogP contribution < -0.4 is 0 Å². The molecule has 0 radical (unpaired) electrons. The Morgan fingerprint density at radius 1 is 1.10 bits per heavy atom. The Morgan fingerprint density at radius 2 is 1.86 bits per heavy atom. The summed E-state index contributed by atoms with van der Waals surface area (Å²) >= 11 is 1.88. The fourth-order valence-corrected chi connectivity index (χ4v) is 5.38. The summed E-state index contributed by atoms with van der Waals surface area (Å²) in [6, 6.07) is 13.2. The van der Waals surface area contributed by atoms with Crippen molar-refractivity contribution in [1.29, 1.82) is 0 Å². The predicted molar refractivity (Wildman–Crippen MR) is 120 cm³/mol. The van der Waals surface area contributed by atoms with E-state index in [1.165, 1.54) is 36.1 Å². The second-order valence-electron chi connectivity index (χ2n) is 8.28. The largest absolute Gasteiger partial charge is 0.334 e. The molecule has 152 valence electrons. The van der Waals surface area contributed by atoms with Crippen LogP contribution in [0.25, 0.3) is 17.5 Å². The van der Waals surface area contributed by atoms with E-state index in [2.05, 4.69) is 71.8 Å². The number of rotatable bonds is 6. The molecule has 1 atom stereocenters. The van der Waals surface area contributed by atoms with Crippen molar-refractivity contribution in [1.82, 2.24) is 15.0 Å². The van der Waals surface area contributed by atoms with Gasteiger partial charge in [-0.1, -0.05) is 47.1 Å². The molecule has 2 heterocycles. The summed E-state index contributed by atoms with van der Waals surface area (Å²) < 4.78 is 5.43. The minimum absolute atomic E-state index is 0.535. The van der Waals surface area contributed by atoms with Crippen molar-refractivity contribution in [3.05, 3.63) is 64.2 Å². The first-order valence-corrected chi connectivity index (χ1v) is 11.3. The predicted octanol–water partition coefficient (Wildman–Crippen LogP) is 6.23. The third kappa shape index (κ3) is 4.85. The number of hydrogen-bond acceptors (Lipinski definition) is 5. The molecule has 29 heavy (non-hydrogen) atoms. The molecule has 1 unspecified atom stereocenters. The van der Waals surface area contributed by atoms with E-state index in [1.54, 1.807) is 0 Å². The number of allylic oxidation sites excluding steroid dienone is 1. The van der Waals surface area contributed by atoms with E-state index in [9.17, 15) is 0 Å². The van der Waals surface area contributed by atoms with Gasteiger partial charge in [0.2, 0.25) is 5.82 Å². The molecule has 0 amide bonds. The molecule has 0 saturated heterocycles. The standard InChI is InChI=1S/C24H29N3OS/c1-17-6-11-20(12-7-17)24-25-22(28-26-24)15-10-18-8-13-19(14-9-18)23(27(2)3)21-5-4-16-29-21/h4-7,10-12,15-16,18-19,23H,8-9,13-14H2,1-3H3/b15-10+. The molecule has 1 aliphatic carbocycles. The van der Waals surface area contributed by atoms with Crippen LogP contribution in [0, 0.1) is 18.8 Å². The van der Waals surface area contributed by atoms with Crippen LogP contribution in [0.1, 0.15) is 48.1 Å². The van der Waals surface area contributed by atoms with Crippen molar-refractivity contribution in [2.24, 2.45) is 11.8 Å². The molecule has 0 bridgehead atoms.